The summed E-state index contributed by atoms with van der Waals surface area (Å²) in [6, 6.07) is 9.82. The first-order valence-electron chi connectivity index (χ1n) is 7.29. The van der Waals surface area contributed by atoms with E-state index in [2.05, 4.69) is 0 Å². The Morgan fingerprint density at radius 1 is 1.18 bits per heavy atom. The van der Waals surface area contributed by atoms with Crippen molar-refractivity contribution in [1.82, 2.24) is 4.90 Å². The van der Waals surface area contributed by atoms with Gasteiger partial charge in [0, 0.05) is 18.0 Å². The maximum atomic E-state index is 12.4. The molecule has 0 atom stereocenters. The molecule has 2 heterocycles. The fourth-order valence-corrected chi connectivity index (χ4v) is 2.52. The molecule has 4 heteroatoms. The highest BCUT2D eigenvalue weighted by atomic mass is 16.3. The maximum absolute atomic E-state index is 12.4. The molecule has 0 N–H and O–H groups in total. The number of fused-ring (bicyclic) bond motifs is 1. The quantitative estimate of drug-likeness (QED) is 0.735. The average Bonchev–Trinajstić information content (AvgIpc) is 3.05. The molecule has 0 aliphatic heterocycles. The van der Waals surface area contributed by atoms with Crippen LogP contribution < -0.4 is 0 Å². The minimum Gasteiger partial charge on any atom is -0.464 e. The van der Waals surface area contributed by atoms with E-state index in [0.717, 1.165) is 33.6 Å². The summed E-state index contributed by atoms with van der Waals surface area (Å²) in [4.78, 5) is 14.0. The van der Waals surface area contributed by atoms with Crippen molar-refractivity contribution in [1.29, 1.82) is 0 Å². The Hall–Kier alpha value is -2.49. The van der Waals surface area contributed by atoms with Gasteiger partial charge in [-0.3, -0.25) is 4.79 Å². The van der Waals surface area contributed by atoms with Gasteiger partial charge in [0.05, 0.1) is 19.2 Å². The summed E-state index contributed by atoms with van der Waals surface area (Å²) in [5, 5.41) is 1.00. The standard InChI is InChI=1S/C18H19NO3/c1-12-4-7-16-14(11-21-17(16)8-12)9-18(20)19(3)10-15-6-5-13(2)22-15/h4-8,11H,9-10H2,1-3H3. The van der Waals surface area contributed by atoms with Crippen LogP contribution in [0.15, 0.2) is 45.4 Å². The molecule has 0 aliphatic rings. The van der Waals surface area contributed by atoms with Crippen LogP contribution in [0.25, 0.3) is 11.0 Å². The molecule has 0 fully saturated rings. The lowest BCUT2D eigenvalue weighted by atomic mass is 10.1. The highest BCUT2D eigenvalue weighted by Gasteiger charge is 2.15. The van der Waals surface area contributed by atoms with Crippen LogP contribution in [0.1, 0.15) is 22.6 Å². The summed E-state index contributed by atoms with van der Waals surface area (Å²) in [7, 11) is 1.78. The molecule has 0 bridgehead atoms. The Kier molecular flexibility index (Phi) is 3.75. The van der Waals surface area contributed by atoms with E-state index in [0.29, 0.717) is 13.0 Å². The zero-order valence-corrected chi connectivity index (χ0v) is 13.1. The molecule has 0 saturated heterocycles. The van der Waals surface area contributed by atoms with Gasteiger partial charge < -0.3 is 13.7 Å². The van der Waals surface area contributed by atoms with Crippen LogP contribution in [0.5, 0.6) is 0 Å². The monoisotopic (exact) mass is 297 g/mol. The number of rotatable bonds is 4. The van der Waals surface area contributed by atoms with Crippen molar-refractivity contribution < 1.29 is 13.6 Å². The average molecular weight is 297 g/mol. The van der Waals surface area contributed by atoms with Crippen molar-refractivity contribution >= 4 is 16.9 Å². The van der Waals surface area contributed by atoms with Gasteiger partial charge in [-0.2, -0.15) is 0 Å². The number of benzene rings is 1. The van der Waals surface area contributed by atoms with Crippen molar-refractivity contribution in [3.63, 3.8) is 0 Å². The highest BCUT2D eigenvalue weighted by Crippen LogP contribution is 2.23. The number of amides is 1. The molecule has 4 nitrogen and oxygen atoms in total. The second-order valence-corrected chi connectivity index (χ2v) is 5.70. The SMILES string of the molecule is Cc1ccc2c(CC(=O)N(C)Cc3ccc(C)o3)coc2c1. The molecule has 114 valence electrons. The van der Waals surface area contributed by atoms with E-state index >= 15 is 0 Å². The topological polar surface area (TPSA) is 46.6 Å². The largest absolute Gasteiger partial charge is 0.464 e. The van der Waals surface area contributed by atoms with Crippen LogP contribution in [-0.4, -0.2) is 17.9 Å². The van der Waals surface area contributed by atoms with E-state index in [4.69, 9.17) is 8.83 Å². The highest BCUT2D eigenvalue weighted by molar-refractivity contribution is 5.87. The van der Waals surface area contributed by atoms with Crippen LogP contribution in [0.2, 0.25) is 0 Å². The Morgan fingerprint density at radius 2 is 2.00 bits per heavy atom. The van der Waals surface area contributed by atoms with Gasteiger partial charge in [0.1, 0.15) is 17.1 Å². The lowest BCUT2D eigenvalue weighted by Crippen LogP contribution is -2.27. The first-order valence-corrected chi connectivity index (χ1v) is 7.29. The summed E-state index contributed by atoms with van der Waals surface area (Å²) >= 11 is 0. The zero-order chi connectivity index (χ0) is 15.7. The predicted octanol–water partition coefficient (Wildman–Crippen LogP) is 3.84. The van der Waals surface area contributed by atoms with Crippen LogP contribution in [0, 0.1) is 13.8 Å². The van der Waals surface area contributed by atoms with E-state index in [1.165, 1.54) is 0 Å². The predicted molar refractivity (Wildman–Crippen MR) is 84.6 cm³/mol. The van der Waals surface area contributed by atoms with Gasteiger partial charge in [-0.15, -0.1) is 0 Å². The van der Waals surface area contributed by atoms with Crippen LogP contribution >= 0.6 is 0 Å². The third-order valence-corrected chi connectivity index (χ3v) is 3.77. The number of likely N-dealkylation sites (N-methyl/N-ethyl adjacent to an activating group) is 1. The van der Waals surface area contributed by atoms with Gasteiger partial charge in [0.2, 0.25) is 5.91 Å². The minimum atomic E-state index is 0.0392. The summed E-state index contributed by atoms with van der Waals surface area (Å²) in [5.74, 6) is 1.69. The smallest absolute Gasteiger partial charge is 0.227 e. The first-order chi connectivity index (χ1) is 10.5. The Morgan fingerprint density at radius 3 is 2.73 bits per heavy atom. The van der Waals surface area contributed by atoms with Crippen LogP contribution in [0.4, 0.5) is 0 Å². The Bertz CT molecular complexity index is 813. The third kappa shape index (κ3) is 2.91. The number of carbonyl (C=O) groups is 1. The lowest BCUT2D eigenvalue weighted by molar-refractivity contribution is -0.129. The Labute approximate surface area is 129 Å². The van der Waals surface area contributed by atoms with Crippen molar-refractivity contribution in [2.24, 2.45) is 0 Å². The molecule has 0 saturated carbocycles. The lowest BCUT2D eigenvalue weighted by Gasteiger charge is -2.15. The molecule has 0 unspecified atom stereocenters. The number of aryl methyl sites for hydroxylation is 2. The molecule has 22 heavy (non-hydrogen) atoms. The zero-order valence-electron chi connectivity index (χ0n) is 13.1. The van der Waals surface area contributed by atoms with E-state index in [1.807, 2.05) is 44.2 Å². The van der Waals surface area contributed by atoms with Gasteiger partial charge in [-0.1, -0.05) is 12.1 Å². The number of nitrogens with zero attached hydrogens (tertiary/aromatic N) is 1. The number of hydrogen-bond acceptors (Lipinski definition) is 3. The minimum absolute atomic E-state index is 0.0392. The molecule has 0 aliphatic carbocycles. The molecule has 2 aromatic heterocycles. The third-order valence-electron chi connectivity index (χ3n) is 3.77. The first kappa shape index (κ1) is 14.4. The number of carbonyl (C=O) groups excluding carboxylic acids is 1. The summed E-state index contributed by atoms with van der Waals surface area (Å²) in [5.41, 5.74) is 2.89. The molecule has 3 rings (SSSR count). The second-order valence-electron chi connectivity index (χ2n) is 5.70. The number of furan rings is 2. The van der Waals surface area contributed by atoms with Crippen molar-refractivity contribution in [3.05, 3.63) is 59.2 Å². The number of hydrogen-bond donors (Lipinski definition) is 0. The van der Waals surface area contributed by atoms with Crippen LogP contribution in [0.3, 0.4) is 0 Å². The fraction of sp³-hybridized carbons (Fsp3) is 0.278. The molecule has 3 aromatic rings. The molecular weight excluding hydrogens is 278 g/mol. The maximum Gasteiger partial charge on any atom is 0.227 e. The van der Waals surface area contributed by atoms with Gasteiger partial charge in [-0.05, 0) is 37.6 Å². The van der Waals surface area contributed by atoms with Gasteiger partial charge >= 0.3 is 0 Å². The molecular formula is C18H19NO3. The molecule has 0 radical (unpaired) electrons. The van der Waals surface area contributed by atoms with E-state index in [-0.39, 0.29) is 5.91 Å². The summed E-state index contributed by atoms with van der Waals surface area (Å²) < 4.78 is 11.1. The second kappa shape index (κ2) is 5.72. The van der Waals surface area contributed by atoms with Gasteiger partial charge in [0.15, 0.2) is 0 Å². The van der Waals surface area contributed by atoms with Gasteiger partial charge in [0.25, 0.3) is 0 Å². The Balaban J connectivity index is 1.72. The molecule has 1 aromatic carbocycles. The van der Waals surface area contributed by atoms with E-state index in [1.54, 1.807) is 18.2 Å². The normalized spacial score (nSPS) is 11.0. The van der Waals surface area contributed by atoms with Crippen molar-refractivity contribution in [2.45, 2.75) is 26.8 Å². The fourth-order valence-electron chi connectivity index (χ4n) is 2.52. The van der Waals surface area contributed by atoms with E-state index < -0.39 is 0 Å². The van der Waals surface area contributed by atoms with Crippen molar-refractivity contribution in [2.75, 3.05) is 7.05 Å². The summed E-state index contributed by atoms with van der Waals surface area (Å²) in [6.07, 6.45) is 2.00. The van der Waals surface area contributed by atoms with Crippen molar-refractivity contribution in [3.8, 4) is 0 Å². The summed E-state index contributed by atoms with van der Waals surface area (Å²) in [6.45, 7) is 4.39. The van der Waals surface area contributed by atoms with Gasteiger partial charge in [-0.25, -0.2) is 0 Å². The molecule has 1 amide bonds. The molecule has 0 spiro atoms. The van der Waals surface area contributed by atoms with Crippen LogP contribution in [-0.2, 0) is 17.8 Å². The van der Waals surface area contributed by atoms with E-state index in [9.17, 15) is 4.79 Å².